The maximum atomic E-state index is 3.72. The first-order valence-corrected chi connectivity index (χ1v) is 7.29. The largest absolute Gasteiger partial charge is 0.382 e. The van der Waals surface area contributed by atoms with Crippen molar-refractivity contribution >= 4 is 21.6 Å². The van der Waals surface area contributed by atoms with Crippen molar-refractivity contribution in [1.29, 1.82) is 0 Å². The Bertz CT molecular complexity index is 398. The van der Waals surface area contributed by atoms with Gasteiger partial charge in [-0.1, -0.05) is 42.3 Å². The van der Waals surface area contributed by atoms with Gasteiger partial charge in [-0.05, 0) is 49.3 Å². The van der Waals surface area contributed by atoms with Crippen molar-refractivity contribution in [1.82, 2.24) is 0 Å². The molecule has 1 unspecified atom stereocenters. The lowest BCUT2D eigenvalue weighted by Gasteiger charge is -2.36. The first kappa shape index (κ1) is 12.9. The zero-order chi connectivity index (χ0) is 12.5. The molecule has 2 rings (SSSR count). The molecular formula is C15H22BrN. The van der Waals surface area contributed by atoms with Crippen molar-refractivity contribution < 1.29 is 0 Å². The summed E-state index contributed by atoms with van der Waals surface area (Å²) in [5.41, 5.74) is 3.09. The second-order valence-corrected chi connectivity index (χ2v) is 6.87. The molecule has 0 aromatic heterocycles. The summed E-state index contributed by atoms with van der Waals surface area (Å²) in [5.74, 6) is 0. The molecule has 0 saturated heterocycles. The Morgan fingerprint density at radius 1 is 1.35 bits per heavy atom. The van der Waals surface area contributed by atoms with Gasteiger partial charge in [-0.3, -0.25) is 0 Å². The molecule has 1 nitrogen and oxygen atoms in total. The molecule has 0 heterocycles. The molecule has 0 spiro atoms. The summed E-state index contributed by atoms with van der Waals surface area (Å²) in [6.45, 7) is 6.93. The lowest BCUT2D eigenvalue weighted by atomic mass is 9.75. The molecule has 1 aliphatic carbocycles. The fourth-order valence-corrected chi connectivity index (χ4v) is 3.17. The van der Waals surface area contributed by atoms with Crippen LogP contribution in [0.1, 0.15) is 45.1 Å². The Morgan fingerprint density at radius 3 is 2.82 bits per heavy atom. The van der Waals surface area contributed by atoms with Crippen molar-refractivity contribution in [3.05, 3.63) is 28.2 Å². The van der Waals surface area contributed by atoms with Gasteiger partial charge in [-0.2, -0.15) is 0 Å². The number of benzene rings is 1. The third kappa shape index (κ3) is 3.25. The lowest BCUT2D eigenvalue weighted by Crippen LogP contribution is -2.31. The third-order valence-corrected chi connectivity index (χ3v) is 4.69. The highest BCUT2D eigenvalue weighted by molar-refractivity contribution is 9.10. The normalized spacial score (nSPS) is 23.4. The van der Waals surface area contributed by atoms with E-state index in [0.717, 1.165) is 0 Å². The predicted molar refractivity (Wildman–Crippen MR) is 78.5 cm³/mol. The van der Waals surface area contributed by atoms with Crippen LogP contribution >= 0.6 is 15.9 Å². The molecular weight excluding hydrogens is 274 g/mol. The van der Waals surface area contributed by atoms with Crippen LogP contribution in [0.25, 0.3) is 0 Å². The molecule has 94 valence electrons. The van der Waals surface area contributed by atoms with E-state index >= 15 is 0 Å². The van der Waals surface area contributed by atoms with Gasteiger partial charge in [0.05, 0.1) is 0 Å². The van der Waals surface area contributed by atoms with E-state index in [2.05, 4.69) is 60.2 Å². The first-order valence-electron chi connectivity index (χ1n) is 6.50. The molecule has 2 heteroatoms. The highest BCUT2D eigenvalue weighted by Crippen LogP contribution is 2.37. The Hall–Kier alpha value is -0.500. The summed E-state index contributed by atoms with van der Waals surface area (Å²) in [7, 11) is 0. The maximum absolute atomic E-state index is 3.72. The van der Waals surface area contributed by atoms with Gasteiger partial charge >= 0.3 is 0 Å². The van der Waals surface area contributed by atoms with Crippen LogP contribution in [0, 0.1) is 12.3 Å². The number of anilines is 1. The van der Waals surface area contributed by atoms with E-state index in [9.17, 15) is 0 Å². The molecule has 0 bridgehead atoms. The van der Waals surface area contributed by atoms with Gasteiger partial charge in [-0.25, -0.2) is 0 Å². The molecule has 1 saturated carbocycles. The van der Waals surface area contributed by atoms with Crippen molar-refractivity contribution in [2.75, 3.05) is 5.32 Å². The van der Waals surface area contributed by atoms with E-state index in [1.165, 1.54) is 41.4 Å². The minimum Gasteiger partial charge on any atom is -0.382 e. The van der Waals surface area contributed by atoms with E-state index in [1.54, 1.807) is 0 Å². The summed E-state index contributed by atoms with van der Waals surface area (Å²) >= 11 is 3.59. The Kier molecular flexibility index (Phi) is 3.82. The average molecular weight is 296 g/mol. The quantitative estimate of drug-likeness (QED) is 0.797. The molecule has 0 amide bonds. The van der Waals surface area contributed by atoms with Gasteiger partial charge in [0.15, 0.2) is 0 Å². The van der Waals surface area contributed by atoms with Gasteiger partial charge in [0.2, 0.25) is 0 Å². The van der Waals surface area contributed by atoms with E-state index < -0.39 is 0 Å². The van der Waals surface area contributed by atoms with Gasteiger partial charge in [-0.15, -0.1) is 0 Å². The number of rotatable bonds is 2. The van der Waals surface area contributed by atoms with Crippen molar-refractivity contribution in [2.24, 2.45) is 5.41 Å². The van der Waals surface area contributed by atoms with Gasteiger partial charge in [0.25, 0.3) is 0 Å². The van der Waals surface area contributed by atoms with Crippen LogP contribution in [0.3, 0.4) is 0 Å². The standard InChI is InChI=1S/C15H22BrN/c1-11-13(16)7-4-8-14(11)17-12-6-5-9-15(2,3)10-12/h4,7-8,12,17H,5-6,9-10H2,1-3H3. The molecule has 1 atom stereocenters. The van der Waals surface area contributed by atoms with Crippen molar-refractivity contribution in [3.8, 4) is 0 Å². The van der Waals surface area contributed by atoms with E-state index in [-0.39, 0.29) is 0 Å². The molecule has 1 aromatic rings. The Balaban J connectivity index is 2.08. The summed E-state index contributed by atoms with van der Waals surface area (Å²) in [6.07, 6.45) is 5.29. The molecule has 1 fully saturated rings. The van der Waals surface area contributed by atoms with Crippen LogP contribution in [0.5, 0.6) is 0 Å². The van der Waals surface area contributed by atoms with Crippen LogP contribution in [0.15, 0.2) is 22.7 Å². The van der Waals surface area contributed by atoms with E-state index in [1.807, 2.05) is 0 Å². The molecule has 0 radical (unpaired) electrons. The van der Waals surface area contributed by atoms with Gasteiger partial charge < -0.3 is 5.32 Å². The van der Waals surface area contributed by atoms with Gasteiger partial charge in [0, 0.05) is 16.2 Å². The van der Waals surface area contributed by atoms with Crippen molar-refractivity contribution in [2.45, 2.75) is 52.5 Å². The van der Waals surface area contributed by atoms with Crippen LogP contribution < -0.4 is 5.32 Å². The topological polar surface area (TPSA) is 12.0 Å². The zero-order valence-corrected chi connectivity index (χ0v) is 12.6. The predicted octanol–water partition coefficient (Wildman–Crippen LogP) is 5.14. The van der Waals surface area contributed by atoms with E-state index in [4.69, 9.17) is 0 Å². The molecule has 17 heavy (non-hydrogen) atoms. The minimum absolute atomic E-state index is 0.496. The second-order valence-electron chi connectivity index (χ2n) is 6.01. The SMILES string of the molecule is Cc1c(Br)cccc1NC1CCCC(C)(C)C1. The maximum Gasteiger partial charge on any atom is 0.0383 e. The van der Waals surface area contributed by atoms with Crippen LogP contribution in [0.2, 0.25) is 0 Å². The zero-order valence-electron chi connectivity index (χ0n) is 11.0. The van der Waals surface area contributed by atoms with Crippen LogP contribution in [-0.2, 0) is 0 Å². The first-order chi connectivity index (χ1) is 7.98. The summed E-state index contributed by atoms with van der Waals surface area (Å²) in [6, 6.07) is 7.02. The fraction of sp³-hybridized carbons (Fsp3) is 0.600. The van der Waals surface area contributed by atoms with Crippen LogP contribution in [0.4, 0.5) is 5.69 Å². The summed E-state index contributed by atoms with van der Waals surface area (Å²) in [5, 5.41) is 3.72. The smallest absolute Gasteiger partial charge is 0.0383 e. The number of nitrogens with one attached hydrogen (secondary N) is 1. The number of halogens is 1. The van der Waals surface area contributed by atoms with Gasteiger partial charge in [0.1, 0.15) is 0 Å². The monoisotopic (exact) mass is 295 g/mol. The summed E-state index contributed by atoms with van der Waals surface area (Å²) in [4.78, 5) is 0. The molecule has 1 aromatic carbocycles. The Morgan fingerprint density at radius 2 is 2.12 bits per heavy atom. The Labute approximate surface area is 113 Å². The molecule has 1 N–H and O–H groups in total. The number of hydrogen-bond acceptors (Lipinski definition) is 1. The highest BCUT2D eigenvalue weighted by Gasteiger charge is 2.27. The minimum atomic E-state index is 0.496. The highest BCUT2D eigenvalue weighted by atomic mass is 79.9. The number of hydrogen-bond donors (Lipinski definition) is 1. The molecule has 0 aliphatic heterocycles. The van der Waals surface area contributed by atoms with Crippen LogP contribution in [-0.4, -0.2) is 6.04 Å². The fourth-order valence-electron chi connectivity index (χ4n) is 2.81. The second kappa shape index (κ2) is 5.01. The summed E-state index contributed by atoms with van der Waals surface area (Å²) < 4.78 is 1.19. The van der Waals surface area contributed by atoms with E-state index in [0.29, 0.717) is 11.5 Å². The third-order valence-electron chi connectivity index (χ3n) is 3.83. The lowest BCUT2D eigenvalue weighted by molar-refractivity contribution is 0.229. The van der Waals surface area contributed by atoms with Crippen molar-refractivity contribution in [3.63, 3.8) is 0 Å². The molecule has 1 aliphatic rings. The average Bonchev–Trinajstić information content (AvgIpc) is 2.23.